The predicted molar refractivity (Wildman–Crippen MR) is 79.6 cm³/mol. The molecule has 1 unspecified atom stereocenters. The minimum absolute atomic E-state index is 0.326. The molecule has 2 heterocycles. The van der Waals surface area contributed by atoms with Gasteiger partial charge in [0.25, 0.3) is 0 Å². The molecule has 19 heavy (non-hydrogen) atoms. The van der Waals surface area contributed by atoms with Crippen LogP contribution in [0.4, 0.5) is 0 Å². The molecule has 0 aromatic carbocycles. The smallest absolute Gasteiger partial charge is 0.213 e. The molecular formula is C15H20N2OS. The van der Waals surface area contributed by atoms with Crippen molar-refractivity contribution >= 4 is 11.3 Å². The molecule has 102 valence electrons. The number of nitrogens with one attached hydrogen (secondary N) is 1. The summed E-state index contributed by atoms with van der Waals surface area (Å²) in [5, 5.41) is 5.52. The number of aromatic nitrogens is 1. The predicted octanol–water partition coefficient (Wildman–Crippen LogP) is 3.78. The molecule has 0 aliphatic rings. The van der Waals surface area contributed by atoms with Crippen LogP contribution in [0.3, 0.4) is 0 Å². The first-order chi connectivity index (χ1) is 9.29. The summed E-state index contributed by atoms with van der Waals surface area (Å²) in [6.45, 7) is 5.94. The van der Waals surface area contributed by atoms with Gasteiger partial charge in [-0.3, -0.25) is 0 Å². The zero-order valence-corrected chi connectivity index (χ0v) is 12.2. The minimum atomic E-state index is 0.326. The largest absolute Gasteiger partial charge is 0.472 e. The first-order valence-corrected chi connectivity index (χ1v) is 7.52. The highest BCUT2D eigenvalue weighted by molar-refractivity contribution is 7.09. The van der Waals surface area contributed by atoms with Gasteiger partial charge in [0.15, 0.2) is 0 Å². The quantitative estimate of drug-likeness (QED) is 0.835. The molecule has 0 aliphatic carbocycles. The van der Waals surface area contributed by atoms with Crippen LogP contribution in [0.1, 0.15) is 36.8 Å². The van der Waals surface area contributed by atoms with E-state index < -0.39 is 0 Å². The second-order valence-corrected chi connectivity index (χ2v) is 5.50. The molecule has 0 fully saturated rings. The normalized spacial score (nSPS) is 12.3. The van der Waals surface area contributed by atoms with Crippen molar-refractivity contribution in [2.75, 3.05) is 6.54 Å². The third kappa shape index (κ3) is 4.33. The van der Waals surface area contributed by atoms with E-state index >= 15 is 0 Å². The maximum absolute atomic E-state index is 5.72. The molecule has 0 bridgehead atoms. The highest BCUT2D eigenvalue weighted by Crippen LogP contribution is 2.18. The SMILES string of the molecule is CCCNC(C)c1ccnc(OCc2cccs2)c1. The molecule has 2 aromatic heterocycles. The maximum atomic E-state index is 5.72. The summed E-state index contributed by atoms with van der Waals surface area (Å²) in [5.74, 6) is 0.691. The molecule has 2 rings (SSSR count). The monoisotopic (exact) mass is 276 g/mol. The van der Waals surface area contributed by atoms with Gasteiger partial charge in [0.05, 0.1) is 0 Å². The highest BCUT2D eigenvalue weighted by atomic mass is 32.1. The van der Waals surface area contributed by atoms with Crippen molar-refractivity contribution in [2.45, 2.75) is 32.9 Å². The molecule has 0 radical (unpaired) electrons. The third-order valence-electron chi connectivity index (χ3n) is 2.90. The average molecular weight is 276 g/mol. The number of thiophene rings is 1. The molecule has 1 N–H and O–H groups in total. The highest BCUT2D eigenvalue weighted by Gasteiger charge is 2.06. The van der Waals surface area contributed by atoms with Crippen LogP contribution in [0.5, 0.6) is 5.88 Å². The van der Waals surface area contributed by atoms with Crippen molar-refractivity contribution in [1.82, 2.24) is 10.3 Å². The van der Waals surface area contributed by atoms with Gasteiger partial charge in [-0.15, -0.1) is 11.3 Å². The van der Waals surface area contributed by atoms with Crippen LogP contribution in [0.25, 0.3) is 0 Å². The van der Waals surface area contributed by atoms with E-state index in [0.717, 1.165) is 13.0 Å². The number of nitrogens with zero attached hydrogens (tertiary/aromatic N) is 1. The van der Waals surface area contributed by atoms with Gasteiger partial charge >= 0.3 is 0 Å². The van der Waals surface area contributed by atoms with E-state index in [1.807, 2.05) is 24.4 Å². The van der Waals surface area contributed by atoms with Crippen LogP contribution in [0, 0.1) is 0 Å². The molecular weight excluding hydrogens is 256 g/mol. The topological polar surface area (TPSA) is 34.2 Å². The van der Waals surface area contributed by atoms with Gasteiger partial charge < -0.3 is 10.1 Å². The Labute approximate surface area is 118 Å². The van der Waals surface area contributed by atoms with Crippen molar-refractivity contribution in [3.63, 3.8) is 0 Å². The minimum Gasteiger partial charge on any atom is -0.472 e. The van der Waals surface area contributed by atoms with Crippen molar-refractivity contribution in [2.24, 2.45) is 0 Å². The van der Waals surface area contributed by atoms with Gasteiger partial charge in [0, 0.05) is 23.2 Å². The Hall–Kier alpha value is -1.39. The lowest BCUT2D eigenvalue weighted by molar-refractivity contribution is 0.296. The molecule has 0 amide bonds. The Bertz CT molecular complexity index is 485. The first-order valence-electron chi connectivity index (χ1n) is 6.64. The fourth-order valence-electron chi connectivity index (χ4n) is 1.79. The van der Waals surface area contributed by atoms with Crippen molar-refractivity contribution in [3.05, 3.63) is 46.3 Å². The Morgan fingerprint density at radius 3 is 3.05 bits per heavy atom. The van der Waals surface area contributed by atoms with Crippen LogP contribution >= 0.6 is 11.3 Å². The first kappa shape index (κ1) is 14.0. The average Bonchev–Trinajstić information content (AvgIpc) is 2.96. The molecule has 3 nitrogen and oxygen atoms in total. The second-order valence-electron chi connectivity index (χ2n) is 4.47. The van der Waals surface area contributed by atoms with E-state index in [1.165, 1.54) is 10.4 Å². The van der Waals surface area contributed by atoms with Gasteiger partial charge in [-0.1, -0.05) is 13.0 Å². The Morgan fingerprint density at radius 2 is 2.32 bits per heavy atom. The number of rotatable bonds is 7. The van der Waals surface area contributed by atoms with Crippen LogP contribution in [0.15, 0.2) is 35.8 Å². The number of hydrogen-bond acceptors (Lipinski definition) is 4. The number of hydrogen-bond donors (Lipinski definition) is 1. The second kappa shape index (κ2) is 7.26. The van der Waals surface area contributed by atoms with E-state index in [1.54, 1.807) is 11.3 Å². The van der Waals surface area contributed by atoms with Crippen molar-refractivity contribution in [1.29, 1.82) is 0 Å². The standard InChI is InChI=1S/C15H20N2OS/c1-3-7-16-12(2)13-6-8-17-15(10-13)18-11-14-5-4-9-19-14/h4-6,8-10,12,16H,3,7,11H2,1-2H3. The van der Waals surface area contributed by atoms with Crippen LogP contribution in [0.2, 0.25) is 0 Å². The van der Waals surface area contributed by atoms with Gasteiger partial charge in [0.2, 0.25) is 5.88 Å². The van der Waals surface area contributed by atoms with Gasteiger partial charge in [-0.25, -0.2) is 4.98 Å². The summed E-state index contributed by atoms with van der Waals surface area (Å²) in [5.41, 5.74) is 1.21. The Morgan fingerprint density at radius 1 is 1.42 bits per heavy atom. The molecule has 4 heteroatoms. The van der Waals surface area contributed by atoms with Gasteiger partial charge in [0.1, 0.15) is 6.61 Å². The Kier molecular flexibility index (Phi) is 5.36. The van der Waals surface area contributed by atoms with Crippen LogP contribution in [-0.2, 0) is 6.61 Å². The van der Waals surface area contributed by atoms with E-state index in [-0.39, 0.29) is 0 Å². The lowest BCUT2D eigenvalue weighted by atomic mass is 10.1. The van der Waals surface area contributed by atoms with E-state index in [4.69, 9.17) is 4.74 Å². The van der Waals surface area contributed by atoms with Gasteiger partial charge in [-0.2, -0.15) is 0 Å². The fourth-order valence-corrected chi connectivity index (χ4v) is 2.41. The summed E-state index contributed by atoms with van der Waals surface area (Å²) in [6.07, 6.45) is 2.94. The summed E-state index contributed by atoms with van der Waals surface area (Å²) in [4.78, 5) is 5.47. The molecule has 1 atom stereocenters. The number of ether oxygens (including phenoxy) is 1. The van der Waals surface area contributed by atoms with E-state index in [0.29, 0.717) is 18.5 Å². The molecule has 0 spiro atoms. The van der Waals surface area contributed by atoms with Crippen molar-refractivity contribution in [3.8, 4) is 5.88 Å². The third-order valence-corrected chi connectivity index (χ3v) is 3.75. The summed E-state index contributed by atoms with van der Waals surface area (Å²) < 4.78 is 5.72. The fraction of sp³-hybridized carbons (Fsp3) is 0.400. The molecule has 2 aromatic rings. The van der Waals surface area contributed by atoms with E-state index in [2.05, 4.69) is 35.6 Å². The zero-order chi connectivity index (χ0) is 13.5. The zero-order valence-electron chi connectivity index (χ0n) is 11.4. The summed E-state index contributed by atoms with van der Waals surface area (Å²) >= 11 is 1.70. The summed E-state index contributed by atoms with van der Waals surface area (Å²) in [7, 11) is 0. The lowest BCUT2D eigenvalue weighted by Crippen LogP contribution is -2.19. The Balaban J connectivity index is 1.94. The molecule has 0 aliphatic heterocycles. The van der Waals surface area contributed by atoms with Crippen LogP contribution in [-0.4, -0.2) is 11.5 Å². The van der Waals surface area contributed by atoms with Crippen molar-refractivity contribution < 1.29 is 4.74 Å². The molecule has 0 saturated heterocycles. The van der Waals surface area contributed by atoms with Crippen LogP contribution < -0.4 is 10.1 Å². The lowest BCUT2D eigenvalue weighted by Gasteiger charge is -2.14. The number of pyridine rings is 1. The van der Waals surface area contributed by atoms with E-state index in [9.17, 15) is 0 Å². The molecule has 0 saturated carbocycles. The van der Waals surface area contributed by atoms with Gasteiger partial charge in [-0.05, 0) is 43.0 Å². The maximum Gasteiger partial charge on any atom is 0.213 e. The summed E-state index contributed by atoms with van der Waals surface area (Å²) in [6, 6.07) is 8.47.